The van der Waals surface area contributed by atoms with E-state index in [0.29, 0.717) is 16.0 Å². The maximum Gasteiger partial charge on any atom is 0.266 e. The number of rotatable bonds is 6. The summed E-state index contributed by atoms with van der Waals surface area (Å²) in [6.45, 7) is 1.66. The molecule has 0 unspecified atom stereocenters. The lowest BCUT2D eigenvalue weighted by atomic mass is 10.2. The Morgan fingerprint density at radius 1 is 1.27 bits per heavy atom. The van der Waals surface area contributed by atoms with Crippen molar-refractivity contribution in [2.75, 3.05) is 19.5 Å². The number of hydrogen-bond donors (Lipinski definition) is 1. The summed E-state index contributed by atoms with van der Waals surface area (Å²) in [5.41, 5.74) is 0.238. The molecule has 0 fully saturated rings. The highest BCUT2D eigenvalue weighted by Crippen LogP contribution is 2.26. The number of benzene rings is 2. The molecular formula is C17H16ClFN6O4S. The molecule has 3 rings (SSSR count). The van der Waals surface area contributed by atoms with Crippen molar-refractivity contribution >= 4 is 33.2 Å². The van der Waals surface area contributed by atoms with E-state index in [-0.39, 0.29) is 21.2 Å². The molecule has 3 aromatic rings. The topological polar surface area (TPSA) is 119 Å². The number of aromatic nitrogens is 4. The van der Waals surface area contributed by atoms with E-state index in [9.17, 15) is 17.6 Å². The monoisotopic (exact) mass is 454 g/mol. The van der Waals surface area contributed by atoms with Gasteiger partial charge in [-0.15, -0.1) is 5.10 Å². The second-order valence-corrected chi connectivity index (χ2v) is 8.31. The van der Waals surface area contributed by atoms with Crippen LogP contribution >= 0.6 is 11.6 Å². The average Bonchev–Trinajstić information content (AvgIpc) is 3.14. The molecule has 2 aromatic carbocycles. The number of halogens is 2. The standard InChI is InChI=1S/C17H16ClFN6O4S/c1-10-21-22-23-25(10)12-5-7-14(19)15(9-12)20-17(26)11-4-6-13(18)16(8-11)30(27,28)24(2)29-3/h4-9H,1-3H3,(H,20,26). The predicted molar refractivity (Wildman–Crippen MR) is 105 cm³/mol. The molecule has 0 aliphatic carbocycles. The lowest BCUT2D eigenvalue weighted by molar-refractivity contribution is -0.0258. The number of hydroxylamine groups is 1. The van der Waals surface area contributed by atoms with E-state index in [2.05, 4.69) is 20.8 Å². The molecule has 1 amide bonds. The molecule has 0 aliphatic heterocycles. The zero-order valence-corrected chi connectivity index (χ0v) is 17.6. The molecule has 0 atom stereocenters. The molecule has 0 saturated heterocycles. The maximum atomic E-state index is 14.3. The van der Waals surface area contributed by atoms with Crippen molar-refractivity contribution in [2.24, 2.45) is 0 Å². The molecule has 0 saturated carbocycles. The first-order valence-corrected chi connectivity index (χ1v) is 10.2. The molecule has 0 bridgehead atoms. The van der Waals surface area contributed by atoms with Crippen LogP contribution in [0.3, 0.4) is 0 Å². The van der Waals surface area contributed by atoms with E-state index in [1.807, 2.05) is 0 Å². The molecule has 0 spiro atoms. The van der Waals surface area contributed by atoms with Crippen LogP contribution < -0.4 is 5.32 Å². The summed E-state index contributed by atoms with van der Waals surface area (Å²) in [4.78, 5) is 17.0. The Morgan fingerprint density at radius 3 is 2.63 bits per heavy atom. The number of carbonyl (C=O) groups excluding carboxylic acids is 1. The number of amides is 1. The number of tetrazole rings is 1. The van der Waals surface area contributed by atoms with E-state index < -0.39 is 21.7 Å². The second-order valence-electron chi connectivity index (χ2n) is 6.00. The molecule has 30 heavy (non-hydrogen) atoms. The number of nitrogens with one attached hydrogen (secondary N) is 1. The largest absolute Gasteiger partial charge is 0.319 e. The maximum absolute atomic E-state index is 14.3. The lowest BCUT2D eigenvalue weighted by Crippen LogP contribution is -2.26. The van der Waals surface area contributed by atoms with Crippen LogP contribution in [0.5, 0.6) is 0 Å². The number of carbonyl (C=O) groups is 1. The van der Waals surface area contributed by atoms with E-state index in [1.165, 1.54) is 43.1 Å². The van der Waals surface area contributed by atoms with Gasteiger partial charge in [0.25, 0.3) is 15.9 Å². The van der Waals surface area contributed by atoms with Crippen LogP contribution in [-0.2, 0) is 14.9 Å². The number of nitrogens with zero attached hydrogens (tertiary/aromatic N) is 5. The fraction of sp³-hybridized carbons (Fsp3) is 0.176. The van der Waals surface area contributed by atoms with Gasteiger partial charge in [-0.1, -0.05) is 16.1 Å². The molecule has 1 aromatic heterocycles. The van der Waals surface area contributed by atoms with Gasteiger partial charge in [-0.25, -0.2) is 12.8 Å². The van der Waals surface area contributed by atoms with Gasteiger partial charge in [0.05, 0.1) is 23.5 Å². The predicted octanol–water partition coefficient (Wildman–Crippen LogP) is 2.20. The van der Waals surface area contributed by atoms with Gasteiger partial charge in [0.15, 0.2) is 5.82 Å². The average molecular weight is 455 g/mol. The quantitative estimate of drug-likeness (QED) is 0.567. The molecule has 1 N–H and O–H groups in total. The van der Waals surface area contributed by atoms with Gasteiger partial charge in [0.1, 0.15) is 10.7 Å². The first-order chi connectivity index (χ1) is 14.1. The number of hydrogen-bond acceptors (Lipinski definition) is 7. The van der Waals surface area contributed by atoms with Gasteiger partial charge in [-0.3, -0.25) is 9.63 Å². The summed E-state index contributed by atoms with van der Waals surface area (Å²) in [5, 5.41) is 13.4. The highest BCUT2D eigenvalue weighted by molar-refractivity contribution is 7.89. The Hall–Kier alpha value is -2.93. The molecule has 0 radical (unpaired) electrons. The summed E-state index contributed by atoms with van der Waals surface area (Å²) >= 11 is 5.99. The van der Waals surface area contributed by atoms with Gasteiger partial charge in [0.2, 0.25) is 0 Å². The third-order valence-electron chi connectivity index (χ3n) is 4.14. The first-order valence-electron chi connectivity index (χ1n) is 8.34. The van der Waals surface area contributed by atoms with Crippen LogP contribution in [0.15, 0.2) is 41.3 Å². The van der Waals surface area contributed by atoms with Crippen molar-refractivity contribution in [1.82, 2.24) is 24.7 Å². The Morgan fingerprint density at radius 2 is 2.00 bits per heavy atom. The fourth-order valence-electron chi connectivity index (χ4n) is 2.48. The molecule has 13 heteroatoms. The van der Waals surface area contributed by atoms with Gasteiger partial charge in [0, 0.05) is 12.6 Å². The Balaban J connectivity index is 1.94. The smallest absolute Gasteiger partial charge is 0.266 e. The molecule has 158 valence electrons. The SMILES string of the molecule is CON(C)S(=O)(=O)c1cc(C(=O)Nc2cc(-n3nnnc3C)ccc2F)ccc1Cl. The Bertz CT molecular complexity index is 1220. The van der Waals surface area contributed by atoms with E-state index in [0.717, 1.165) is 12.1 Å². The minimum atomic E-state index is -4.10. The molecular weight excluding hydrogens is 439 g/mol. The summed E-state index contributed by atoms with van der Waals surface area (Å²) in [6.07, 6.45) is 0. The minimum absolute atomic E-state index is 0.0501. The second kappa shape index (κ2) is 8.44. The van der Waals surface area contributed by atoms with Crippen molar-refractivity contribution in [1.29, 1.82) is 0 Å². The number of sulfonamides is 1. The van der Waals surface area contributed by atoms with Gasteiger partial charge in [-0.05, 0) is 53.7 Å². The van der Waals surface area contributed by atoms with E-state index in [1.54, 1.807) is 6.92 Å². The Kier molecular flexibility index (Phi) is 6.12. The highest BCUT2D eigenvalue weighted by atomic mass is 35.5. The normalized spacial score (nSPS) is 11.7. The third kappa shape index (κ3) is 4.16. The van der Waals surface area contributed by atoms with E-state index >= 15 is 0 Å². The lowest BCUT2D eigenvalue weighted by Gasteiger charge is -2.16. The Labute approximate surface area is 176 Å². The van der Waals surface area contributed by atoms with Crippen molar-refractivity contribution in [2.45, 2.75) is 11.8 Å². The minimum Gasteiger partial charge on any atom is -0.319 e. The summed E-state index contributed by atoms with van der Waals surface area (Å²) in [5.74, 6) is -0.972. The summed E-state index contributed by atoms with van der Waals surface area (Å²) in [7, 11) is -1.75. The van der Waals surface area contributed by atoms with Crippen LogP contribution in [0, 0.1) is 12.7 Å². The third-order valence-corrected chi connectivity index (χ3v) is 6.30. The zero-order chi connectivity index (χ0) is 22.1. The van der Waals surface area contributed by atoms with Crippen molar-refractivity contribution in [3.05, 3.63) is 58.6 Å². The van der Waals surface area contributed by atoms with Gasteiger partial charge in [-0.2, -0.15) is 4.68 Å². The van der Waals surface area contributed by atoms with Gasteiger partial charge < -0.3 is 5.32 Å². The number of aryl methyl sites for hydroxylation is 1. The van der Waals surface area contributed by atoms with Crippen LogP contribution in [0.2, 0.25) is 5.02 Å². The van der Waals surface area contributed by atoms with Crippen molar-refractivity contribution < 1.29 is 22.4 Å². The van der Waals surface area contributed by atoms with Crippen molar-refractivity contribution in [3.63, 3.8) is 0 Å². The van der Waals surface area contributed by atoms with E-state index in [4.69, 9.17) is 16.4 Å². The zero-order valence-electron chi connectivity index (χ0n) is 16.0. The van der Waals surface area contributed by atoms with Crippen LogP contribution in [-0.4, -0.2) is 53.2 Å². The number of anilines is 1. The van der Waals surface area contributed by atoms with Crippen LogP contribution in [0.4, 0.5) is 10.1 Å². The van der Waals surface area contributed by atoms with Gasteiger partial charge >= 0.3 is 0 Å². The summed E-state index contributed by atoms with van der Waals surface area (Å²) in [6, 6.07) is 7.60. The van der Waals surface area contributed by atoms with Crippen LogP contribution in [0.25, 0.3) is 5.69 Å². The molecule has 1 heterocycles. The molecule has 10 nitrogen and oxygen atoms in total. The fourth-order valence-corrected chi connectivity index (χ4v) is 3.96. The van der Waals surface area contributed by atoms with Crippen molar-refractivity contribution in [3.8, 4) is 5.69 Å². The molecule has 0 aliphatic rings. The summed E-state index contributed by atoms with van der Waals surface area (Å²) < 4.78 is 41.2. The highest BCUT2D eigenvalue weighted by Gasteiger charge is 2.25. The van der Waals surface area contributed by atoms with Crippen LogP contribution in [0.1, 0.15) is 16.2 Å². The first kappa shape index (κ1) is 21.8.